The lowest BCUT2D eigenvalue weighted by Crippen LogP contribution is -2.25. The lowest BCUT2D eigenvalue weighted by atomic mass is 10.1. The maximum absolute atomic E-state index is 11.6. The molecular formula is C15H27BrO2. The van der Waals surface area contributed by atoms with Crippen molar-refractivity contribution in [2.75, 3.05) is 5.33 Å². The summed E-state index contributed by atoms with van der Waals surface area (Å²) in [6, 6.07) is 0. The number of alkyl halides is 1. The van der Waals surface area contributed by atoms with Crippen LogP contribution >= 0.6 is 15.9 Å². The molecule has 106 valence electrons. The smallest absolute Gasteiger partial charge is 0.306 e. The molecule has 18 heavy (non-hydrogen) atoms. The predicted molar refractivity (Wildman–Crippen MR) is 81.1 cm³/mol. The van der Waals surface area contributed by atoms with Gasteiger partial charge in [-0.15, -0.1) is 0 Å². The van der Waals surface area contributed by atoms with Crippen molar-refractivity contribution in [1.29, 1.82) is 0 Å². The Morgan fingerprint density at radius 3 is 2.39 bits per heavy atom. The van der Waals surface area contributed by atoms with Crippen LogP contribution in [0.4, 0.5) is 0 Å². The van der Waals surface area contributed by atoms with Crippen LogP contribution in [-0.2, 0) is 9.53 Å². The molecule has 0 bridgehead atoms. The van der Waals surface area contributed by atoms with Gasteiger partial charge in [0.15, 0.2) is 0 Å². The van der Waals surface area contributed by atoms with E-state index in [9.17, 15) is 4.79 Å². The molecule has 0 fully saturated rings. The van der Waals surface area contributed by atoms with Gasteiger partial charge in [0.1, 0.15) is 5.60 Å². The summed E-state index contributed by atoms with van der Waals surface area (Å²) in [7, 11) is 0. The number of hydrogen-bond donors (Lipinski definition) is 0. The third kappa shape index (κ3) is 10.8. The Labute approximate surface area is 120 Å². The minimum absolute atomic E-state index is 0.0822. The summed E-state index contributed by atoms with van der Waals surface area (Å²) in [5.74, 6) is -0.0822. The summed E-state index contributed by atoms with van der Waals surface area (Å²) in [5.41, 5.74) is -0.469. The van der Waals surface area contributed by atoms with Crippen molar-refractivity contribution in [3.63, 3.8) is 0 Å². The van der Waals surface area contributed by atoms with Crippen molar-refractivity contribution in [2.45, 2.75) is 71.3 Å². The van der Waals surface area contributed by atoms with E-state index < -0.39 is 5.60 Å². The Balaban J connectivity index is 3.67. The van der Waals surface area contributed by atoms with Gasteiger partial charge in [0.2, 0.25) is 0 Å². The number of ether oxygens (including phenoxy) is 1. The predicted octanol–water partition coefficient (Wildman–Crippen LogP) is 5.01. The molecule has 2 nitrogen and oxygen atoms in total. The molecule has 0 radical (unpaired) electrons. The van der Waals surface area contributed by atoms with Crippen LogP contribution in [0.2, 0.25) is 0 Å². The molecule has 0 spiro atoms. The van der Waals surface area contributed by atoms with Gasteiger partial charge in [-0.3, -0.25) is 4.79 Å². The van der Waals surface area contributed by atoms with E-state index in [0.29, 0.717) is 6.42 Å². The van der Waals surface area contributed by atoms with E-state index in [1.54, 1.807) is 0 Å². The van der Waals surface area contributed by atoms with Gasteiger partial charge in [-0.1, -0.05) is 48.2 Å². The summed E-state index contributed by atoms with van der Waals surface area (Å²) in [6.07, 6.45) is 11.2. The molecule has 3 heteroatoms. The van der Waals surface area contributed by atoms with Crippen molar-refractivity contribution in [3.05, 3.63) is 12.2 Å². The normalized spacial score (nSPS) is 12.0. The van der Waals surface area contributed by atoms with Crippen molar-refractivity contribution < 1.29 is 9.53 Å². The van der Waals surface area contributed by atoms with E-state index in [1.807, 2.05) is 26.0 Å². The Morgan fingerprint density at radius 2 is 1.78 bits per heavy atom. The zero-order chi connectivity index (χ0) is 13.9. The molecule has 0 rings (SSSR count). The van der Waals surface area contributed by atoms with Gasteiger partial charge in [-0.05, 0) is 39.2 Å². The van der Waals surface area contributed by atoms with E-state index in [2.05, 4.69) is 22.9 Å². The van der Waals surface area contributed by atoms with E-state index in [-0.39, 0.29) is 5.97 Å². The van der Waals surface area contributed by atoms with Crippen LogP contribution in [0.5, 0.6) is 0 Å². The average Bonchev–Trinajstić information content (AvgIpc) is 2.30. The summed E-state index contributed by atoms with van der Waals surface area (Å²) < 4.78 is 5.43. The lowest BCUT2D eigenvalue weighted by molar-refractivity contribution is -0.152. The molecule has 0 unspecified atom stereocenters. The fourth-order valence-electron chi connectivity index (χ4n) is 1.67. The number of hydrogen-bond acceptors (Lipinski definition) is 2. The molecule has 0 aromatic rings. The molecule has 0 saturated carbocycles. The molecule has 0 heterocycles. The van der Waals surface area contributed by atoms with Crippen LogP contribution in [0, 0.1) is 0 Å². The highest BCUT2D eigenvalue weighted by molar-refractivity contribution is 9.09. The Kier molecular flexibility index (Phi) is 10.4. The average molecular weight is 319 g/mol. The summed E-state index contributed by atoms with van der Waals surface area (Å²) in [4.78, 5) is 11.6. The number of esters is 1. The summed E-state index contributed by atoms with van der Waals surface area (Å²) in [6.45, 7) is 5.92. The zero-order valence-electron chi connectivity index (χ0n) is 12.0. The van der Waals surface area contributed by atoms with Gasteiger partial charge in [-0.25, -0.2) is 0 Å². The minimum Gasteiger partial charge on any atom is -0.455 e. The summed E-state index contributed by atoms with van der Waals surface area (Å²) in [5, 5.41) is 1.08. The van der Waals surface area contributed by atoms with Gasteiger partial charge in [-0.2, -0.15) is 0 Å². The van der Waals surface area contributed by atoms with Gasteiger partial charge in [0, 0.05) is 11.8 Å². The SMILES string of the molecule is CC/C=C\C(C)(C)OC(=O)CCCCCCCBr. The highest BCUT2D eigenvalue weighted by Crippen LogP contribution is 2.14. The first-order valence-electron chi connectivity index (χ1n) is 6.97. The Morgan fingerprint density at radius 1 is 1.17 bits per heavy atom. The second-order valence-corrected chi connectivity index (χ2v) is 5.89. The van der Waals surface area contributed by atoms with E-state index in [4.69, 9.17) is 4.74 Å². The molecule has 0 aliphatic carbocycles. The molecule has 0 aromatic heterocycles. The van der Waals surface area contributed by atoms with E-state index in [1.165, 1.54) is 19.3 Å². The number of unbranched alkanes of at least 4 members (excludes halogenated alkanes) is 4. The van der Waals surface area contributed by atoms with Crippen LogP contribution in [0.1, 0.15) is 65.7 Å². The number of carbonyl (C=O) groups excluding carboxylic acids is 1. The van der Waals surface area contributed by atoms with Crippen LogP contribution < -0.4 is 0 Å². The second-order valence-electron chi connectivity index (χ2n) is 5.09. The molecular weight excluding hydrogens is 292 g/mol. The monoisotopic (exact) mass is 318 g/mol. The Bertz CT molecular complexity index is 247. The number of carbonyl (C=O) groups is 1. The highest BCUT2D eigenvalue weighted by atomic mass is 79.9. The molecule has 0 aliphatic rings. The highest BCUT2D eigenvalue weighted by Gasteiger charge is 2.18. The molecule has 0 aromatic carbocycles. The van der Waals surface area contributed by atoms with Crippen LogP contribution in [-0.4, -0.2) is 16.9 Å². The van der Waals surface area contributed by atoms with Crippen LogP contribution in [0.3, 0.4) is 0 Å². The first kappa shape index (κ1) is 17.7. The third-order valence-electron chi connectivity index (χ3n) is 2.65. The van der Waals surface area contributed by atoms with E-state index >= 15 is 0 Å². The number of allylic oxidation sites excluding steroid dienone is 1. The van der Waals surface area contributed by atoms with Gasteiger partial charge >= 0.3 is 5.97 Å². The number of rotatable bonds is 10. The largest absolute Gasteiger partial charge is 0.455 e. The number of halogens is 1. The minimum atomic E-state index is -0.469. The van der Waals surface area contributed by atoms with E-state index in [0.717, 1.165) is 24.6 Å². The van der Waals surface area contributed by atoms with Crippen molar-refractivity contribution in [1.82, 2.24) is 0 Å². The summed E-state index contributed by atoms with van der Waals surface area (Å²) >= 11 is 3.41. The first-order valence-corrected chi connectivity index (χ1v) is 8.09. The first-order chi connectivity index (χ1) is 8.52. The molecule has 0 amide bonds. The quantitative estimate of drug-likeness (QED) is 0.245. The van der Waals surface area contributed by atoms with Gasteiger partial charge in [0.25, 0.3) is 0 Å². The fraction of sp³-hybridized carbons (Fsp3) is 0.800. The maximum Gasteiger partial charge on any atom is 0.306 e. The molecule has 0 aliphatic heterocycles. The van der Waals surface area contributed by atoms with Crippen molar-refractivity contribution in [2.24, 2.45) is 0 Å². The van der Waals surface area contributed by atoms with Crippen molar-refractivity contribution >= 4 is 21.9 Å². The molecule has 0 saturated heterocycles. The molecule has 0 N–H and O–H groups in total. The zero-order valence-corrected chi connectivity index (χ0v) is 13.6. The van der Waals surface area contributed by atoms with Gasteiger partial charge in [0.05, 0.1) is 0 Å². The van der Waals surface area contributed by atoms with Crippen molar-refractivity contribution in [3.8, 4) is 0 Å². The molecule has 0 atom stereocenters. The Hall–Kier alpha value is -0.310. The van der Waals surface area contributed by atoms with Crippen LogP contribution in [0.15, 0.2) is 12.2 Å². The van der Waals surface area contributed by atoms with Crippen LogP contribution in [0.25, 0.3) is 0 Å². The second kappa shape index (κ2) is 10.6. The fourth-order valence-corrected chi connectivity index (χ4v) is 2.07. The van der Waals surface area contributed by atoms with Gasteiger partial charge < -0.3 is 4.74 Å². The lowest BCUT2D eigenvalue weighted by Gasteiger charge is -2.21. The topological polar surface area (TPSA) is 26.3 Å². The maximum atomic E-state index is 11.6. The third-order valence-corrected chi connectivity index (χ3v) is 3.21. The standard InChI is InChI=1S/C15H27BrO2/c1-4-5-12-15(2,3)18-14(17)11-9-7-6-8-10-13-16/h5,12H,4,6-11,13H2,1-3H3/b12-5-.